The van der Waals surface area contributed by atoms with Crippen LogP contribution >= 0.6 is 15.6 Å². The normalized spacial score (nSPS) is 14.4. The van der Waals surface area contributed by atoms with Gasteiger partial charge >= 0.3 is 77.6 Å². The molecule has 3 heterocycles. The Morgan fingerprint density at radius 1 is 0.442 bits per heavy atom. The minimum absolute atomic E-state index is 0.740. The second-order valence-corrected chi connectivity index (χ2v) is 14.3. The second-order valence-electron chi connectivity index (χ2n) is 10.4. The van der Waals surface area contributed by atoms with E-state index in [-0.39, 0.29) is 0 Å². The van der Waals surface area contributed by atoms with E-state index in [4.69, 9.17) is 14.5 Å². The Morgan fingerprint density at radius 2 is 0.692 bits per heavy atom. The molecule has 0 bridgehead atoms. The summed E-state index contributed by atoms with van der Waals surface area (Å²) in [6.45, 7) is 0. The summed E-state index contributed by atoms with van der Waals surface area (Å²) in [6.07, 6.45) is 19.8. The third kappa shape index (κ3) is 19.3. The molecular weight excluding hydrogens is 762 g/mol. The number of nitrogens with zero attached hydrogens (tertiary/aromatic N) is 4. The van der Waals surface area contributed by atoms with Crippen molar-refractivity contribution in [2.75, 3.05) is 14.2 Å². The number of hydrogen-bond donors (Lipinski definition) is 0. The summed E-state index contributed by atoms with van der Waals surface area (Å²) in [4.78, 5) is 9.21. The Balaban J connectivity index is 0.000000441. The van der Waals surface area contributed by atoms with E-state index in [0.29, 0.717) is 0 Å². The first-order chi connectivity index (χ1) is 23.6. The first-order valence-electron chi connectivity index (χ1n) is 14.2. The summed E-state index contributed by atoms with van der Waals surface area (Å²) in [5.74, 6) is 3.18. The minimum atomic E-state index is -10.7. The van der Waals surface area contributed by atoms with Crippen molar-refractivity contribution in [3.8, 4) is 23.1 Å². The van der Waals surface area contributed by atoms with Crippen molar-refractivity contribution >= 4 is 39.9 Å². The van der Waals surface area contributed by atoms with E-state index in [1.807, 2.05) is 107 Å². The number of benzene rings is 2. The van der Waals surface area contributed by atoms with Crippen LogP contribution in [0.15, 0.2) is 110 Å². The van der Waals surface area contributed by atoms with Gasteiger partial charge in [-0.05, 0) is 70.8 Å². The standard InChI is InChI=1S/C32H28N4O2.2F6P/c1-37-29-11-7-25(8-12-29)3-5-27-15-19-35(20-16-27)31-23-33-24-32(34-31)36-21-17-28(18-22-36)6-4-26-9-13-30(38-2)14-10-26;2*1-7(2,3,4,5)6/h3-24H,1-2H3;;/q+2;2*-1/b5-3+,6-4+;;. The van der Waals surface area contributed by atoms with Crippen molar-refractivity contribution in [1.29, 1.82) is 0 Å². The fourth-order valence-electron chi connectivity index (χ4n) is 3.81. The van der Waals surface area contributed by atoms with Crippen LogP contribution in [0.25, 0.3) is 35.9 Å². The van der Waals surface area contributed by atoms with Gasteiger partial charge in [-0.2, -0.15) is 0 Å². The van der Waals surface area contributed by atoms with E-state index in [1.54, 1.807) is 26.6 Å². The van der Waals surface area contributed by atoms with E-state index in [2.05, 4.69) is 29.3 Å². The first-order valence-corrected chi connectivity index (χ1v) is 18.3. The van der Waals surface area contributed by atoms with Gasteiger partial charge in [0.15, 0.2) is 0 Å². The molecule has 0 atom stereocenters. The number of halogens is 12. The fourth-order valence-corrected chi connectivity index (χ4v) is 3.81. The number of aromatic nitrogens is 4. The van der Waals surface area contributed by atoms with Crippen LogP contribution in [-0.4, -0.2) is 24.2 Å². The van der Waals surface area contributed by atoms with Crippen LogP contribution < -0.4 is 18.6 Å². The molecule has 0 aliphatic heterocycles. The van der Waals surface area contributed by atoms with Gasteiger partial charge in [0.25, 0.3) is 0 Å². The third-order valence-electron chi connectivity index (χ3n) is 6.02. The molecule has 5 rings (SSSR count). The Bertz CT molecular complexity index is 1840. The Morgan fingerprint density at radius 3 is 0.942 bits per heavy atom. The molecule has 0 saturated heterocycles. The summed E-state index contributed by atoms with van der Waals surface area (Å²) >= 11 is 0. The van der Waals surface area contributed by atoms with Crippen LogP contribution in [0.3, 0.4) is 0 Å². The molecule has 0 aliphatic rings. The molecule has 2 aromatic carbocycles. The van der Waals surface area contributed by atoms with Crippen LogP contribution in [0.1, 0.15) is 22.3 Å². The van der Waals surface area contributed by atoms with Crippen LogP contribution in [0.4, 0.5) is 50.4 Å². The fraction of sp³-hybridized carbons (Fsp3) is 0.0625. The molecule has 0 radical (unpaired) electrons. The average molecular weight is 791 g/mol. The molecule has 0 fully saturated rings. The summed E-state index contributed by atoms with van der Waals surface area (Å²) < 4.78 is 133. The SMILES string of the molecule is COc1ccc(/C=C/c2cc[n+](-c3cncc(-[n+]4ccc(/C=C/c5ccc(OC)cc5)cc4)n3)cc2)cc1.F[P-](F)(F)(F)(F)F.F[P-](F)(F)(F)(F)F. The molecule has 52 heavy (non-hydrogen) atoms. The summed E-state index contributed by atoms with van der Waals surface area (Å²) in [7, 11) is -18.0. The first kappa shape index (κ1) is 41.3. The molecule has 3 aromatic heterocycles. The van der Waals surface area contributed by atoms with Gasteiger partial charge in [-0.25, -0.2) is 14.1 Å². The van der Waals surface area contributed by atoms with Gasteiger partial charge in [0.1, 0.15) is 23.9 Å². The van der Waals surface area contributed by atoms with Gasteiger partial charge in [0.2, 0.25) is 0 Å². The molecule has 0 unspecified atom stereocenters. The molecule has 0 aliphatic carbocycles. The molecule has 5 aromatic rings. The maximum atomic E-state index is 9.87. The predicted molar refractivity (Wildman–Crippen MR) is 176 cm³/mol. The van der Waals surface area contributed by atoms with Gasteiger partial charge in [-0.15, -0.1) is 0 Å². The quantitative estimate of drug-likeness (QED) is 0.0892. The Kier molecular flexibility index (Phi) is 11.3. The molecule has 0 amide bonds. The molecule has 20 heteroatoms. The number of pyridine rings is 2. The average Bonchev–Trinajstić information content (AvgIpc) is 3.04. The van der Waals surface area contributed by atoms with Gasteiger partial charge < -0.3 is 9.47 Å². The molecule has 282 valence electrons. The number of methoxy groups -OCH3 is 2. The molecular formula is C32H28F12N4O2P2. The number of ether oxygens (including phenoxy) is 2. The van der Waals surface area contributed by atoms with Crippen molar-refractivity contribution in [3.63, 3.8) is 0 Å². The van der Waals surface area contributed by atoms with Crippen LogP contribution in [0.5, 0.6) is 11.5 Å². The predicted octanol–water partition coefficient (Wildman–Crippen LogP) is 12.2. The topological polar surface area (TPSA) is 52.0 Å². The van der Waals surface area contributed by atoms with Crippen molar-refractivity contribution in [1.82, 2.24) is 9.97 Å². The van der Waals surface area contributed by atoms with Crippen molar-refractivity contribution in [2.24, 2.45) is 0 Å². The zero-order valence-corrected chi connectivity index (χ0v) is 28.5. The van der Waals surface area contributed by atoms with Crippen molar-refractivity contribution < 1.29 is 69.0 Å². The van der Waals surface area contributed by atoms with E-state index >= 15 is 0 Å². The zero-order chi connectivity index (χ0) is 39.0. The van der Waals surface area contributed by atoms with Gasteiger partial charge in [-0.1, -0.05) is 48.6 Å². The Hall–Kier alpha value is -5.08. The van der Waals surface area contributed by atoms with E-state index < -0.39 is 15.6 Å². The van der Waals surface area contributed by atoms with Gasteiger partial charge in [0, 0.05) is 4.98 Å². The Labute approximate surface area is 288 Å². The van der Waals surface area contributed by atoms with E-state index in [1.165, 1.54) is 0 Å². The summed E-state index contributed by atoms with van der Waals surface area (Å²) in [6, 6.07) is 24.1. The number of hydrogen-bond acceptors (Lipinski definition) is 4. The van der Waals surface area contributed by atoms with Crippen molar-refractivity contribution in [2.45, 2.75) is 0 Å². The molecule has 0 N–H and O–H groups in total. The van der Waals surface area contributed by atoms with Gasteiger partial charge in [-0.3, -0.25) is 0 Å². The van der Waals surface area contributed by atoms with Crippen molar-refractivity contribution in [3.05, 3.63) is 132 Å². The maximum absolute atomic E-state index is 10.7. The molecule has 0 saturated carbocycles. The van der Waals surface area contributed by atoms with Gasteiger partial charge in [0.05, 0.1) is 39.0 Å². The molecule has 0 spiro atoms. The van der Waals surface area contributed by atoms with Crippen LogP contribution in [0, 0.1) is 0 Å². The summed E-state index contributed by atoms with van der Waals surface area (Å²) in [5.41, 5.74) is 4.41. The third-order valence-corrected chi connectivity index (χ3v) is 6.02. The zero-order valence-electron chi connectivity index (χ0n) is 26.7. The molecule has 6 nitrogen and oxygen atoms in total. The monoisotopic (exact) mass is 790 g/mol. The second kappa shape index (κ2) is 14.2. The van der Waals surface area contributed by atoms with Crippen LogP contribution in [0.2, 0.25) is 0 Å². The summed E-state index contributed by atoms with van der Waals surface area (Å²) in [5, 5.41) is 0. The van der Waals surface area contributed by atoms with E-state index in [0.717, 1.165) is 45.4 Å². The van der Waals surface area contributed by atoms with Crippen LogP contribution in [-0.2, 0) is 0 Å². The van der Waals surface area contributed by atoms with E-state index in [9.17, 15) is 50.4 Å². The number of rotatable bonds is 8.